The number of hydrogen-bond donors (Lipinski definition) is 2. The average Bonchev–Trinajstić information content (AvgIpc) is 3.18. The Hall–Kier alpha value is -2.39. The van der Waals surface area contributed by atoms with E-state index in [4.69, 9.17) is 0 Å². The molecular weight excluding hydrogens is 401 g/mol. The Morgan fingerprint density at radius 1 is 1.28 bits per heavy atom. The van der Waals surface area contributed by atoms with E-state index in [9.17, 15) is 18.3 Å². The normalized spacial score (nSPS) is 18.3. The average molecular weight is 422 g/mol. The summed E-state index contributed by atoms with van der Waals surface area (Å²) in [5.41, 5.74) is -0.295. The third kappa shape index (κ3) is 4.02. The first kappa shape index (κ1) is 19.9. The lowest BCUT2D eigenvalue weighted by Crippen LogP contribution is -2.42. The van der Waals surface area contributed by atoms with E-state index in [1.165, 1.54) is 17.4 Å². The fourth-order valence-corrected chi connectivity index (χ4v) is 4.58. The second-order valence-corrected chi connectivity index (χ2v) is 8.08. The van der Waals surface area contributed by atoms with Gasteiger partial charge >= 0.3 is 6.18 Å². The minimum absolute atomic E-state index is 0.232. The quantitative estimate of drug-likeness (QED) is 0.621. The third-order valence-corrected chi connectivity index (χ3v) is 6.18. The monoisotopic (exact) mass is 422 g/mol. The van der Waals surface area contributed by atoms with E-state index in [2.05, 4.69) is 27.3 Å². The van der Waals surface area contributed by atoms with Gasteiger partial charge in [-0.3, -0.25) is 0 Å². The Kier molecular flexibility index (Phi) is 5.35. The minimum Gasteiger partial charge on any atom is -0.507 e. The first-order valence-corrected chi connectivity index (χ1v) is 10.4. The van der Waals surface area contributed by atoms with Gasteiger partial charge in [-0.15, -0.1) is 21.5 Å². The summed E-state index contributed by atoms with van der Waals surface area (Å²) in [7, 11) is 0. The Labute approximate surface area is 170 Å². The van der Waals surface area contributed by atoms with E-state index >= 15 is 0 Å². The molecule has 1 aromatic carbocycles. The first-order chi connectivity index (χ1) is 13.9. The molecule has 1 unspecified atom stereocenters. The fourth-order valence-electron chi connectivity index (χ4n) is 3.73. The molecule has 1 fully saturated rings. The molecule has 154 valence electrons. The number of nitrogens with one attached hydrogen (secondary N) is 1. The van der Waals surface area contributed by atoms with Crippen LogP contribution in [0.15, 0.2) is 29.6 Å². The molecule has 29 heavy (non-hydrogen) atoms. The molecule has 3 aromatic rings. The van der Waals surface area contributed by atoms with Gasteiger partial charge in [-0.05, 0) is 55.6 Å². The zero-order valence-corrected chi connectivity index (χ0v) is 16.6. The number of likely N-dealkylation sites (tertiary alicyclic amines) is 1. The van der Waals surface area contributed by atoms with E-state index < -0.39 is 17.5 Å². The molecule has 0 saturated carbocycles. The summed E-state index contributed by atoms with van der Waals surface area (Å²) in [6.07, 6.45) is -2.35. The maximum atomic E-state index is 12.9. The van der Waals surface area contributed by atoms with Crippen LogP contribution in [0.5, 0.6) is 5.75 Å². The molecule has 2 aromatic heterocycles. The van der Waals surface area contributed by atoms with Crippen LogP contribution >= 0.6 is 11.3 Å². The Morgan fingerprint density at radius 3 is 2.83 bits per heavy atom. The van der Waals surface area contributed by atoms with Gasteiger partial charge in [-0.1, -0.05) is 6.92 Å². The Morgan fingerprint density at radius 2 is 2.10 bits per heavy atom. The molecule has 0 amide bonds. The summed E-state index contributed by atoms with van der Waals surface area (Å²) in [6.45, 7) is 5.18. The molecule has 2 N–H and O–H groups in total. The SMILES string of the molecule is CCN1CCCC(Nc2nnc(-c3ccc(C(F)(F)F)cc3O)c3ccsc23)C1. The summed E-state index contributed by atoms with van der Waals surface area (Å²) in [5.74, 6) is 0.210. The van der Waals surface area contributed by atoms with Gasteiger partial charge in [0.05, 0.1) is 10.3 Å². The number of aromatic hydroxyl groups is 1. The van der Waals surface area contributed by atoms with Crippen molar-refractivity contribution in [3.8, 4) is 17.0 Å². The summed E-state index contributed by atoms with van der Waals surface area (Å²) >= 11 is 1.49. The van der Waals surface area contributed by atoms with Crippen LogP contribution in [0, 0.1) is 0 Å². The van der Waals surface area contributed by atoms with Gasteiger partial charge in [0.25, 0.3) is 0 Å². The molecule has 0 spiro atoms. The standard InChI is InChI=1S/C20H21F3N4OS/c1-2-27-8-3-4-13(11-27)24-19-18-15(7-9-29-18)17(25-26-19)14-6-5-12(10-16(14)28)20(21,22)23/h5-7,9-10,13,28H,2-4,8,11H2,1H3,(H,24,26). The molecule has 5 nitrogen and oxygen atoms in total. The van der Waals surface area contributed by atoms with E-state index in [-0.39, 0.29) is 11.6 Å². The number of phenolic OH excluding ortho intramolecular Hbond substituents is 1. The number of nitrogens with zero attached hydrogens (tertiary/aromatic N) is 3. The van der Waals surface area contributed by atoms with Crippen LogP contribution in [0.4, 0.5) is 19.0 Å². The van der Waals surface area contributed by atoms with Crippen LogP contribution in [-0.2, 0) is 6.18 Å². The molecule has 0 radical (unpaired) electrons. The highest BCUT2D eigenvalue weighted by Gasteiger charge is 2.31. The zero-order chi connectivity index (χ0) is 20.6. The van der Waals surface area contributed by atoms with Crippen LogP contribution in [-0.4, -0.2) is 45.9 Å². The number of alkyl halides is 3. The van der Waals surface area contributed by atoms with Crippen molar-refractivity contribution in [2.45, 2.75) is 32.0 Å². The number of likely N-dealkylation sites (N-methyl/N-ethyl adjacent to an activating group) is 1. The van der Waals surface area contributed by atoms with Crippen molar-refractivity contribution in [2.24, 2.45) is 0 Å². The molecule has 4 rings (SSSR count). The van der Waals surface area contributed by atoms with Crippen LogP contribution in [0.3, 0.4) is 0 Å². The Bertz CT molecular complexity index is 1020. The predicted octanol–water partition coefficient (Wildman–Crippen LogP) is 4.98. The lowest BCUT2D eigenvalue weighted by atomic mass is 10.0. The number of hydrogen-bond acceptors (Lipinski definition) is 6. The lowest BCUT2D eigenvalue weighted by Gasteiger charge is -2.32. The predicted molar refractivity (Wildman–Crippen MR) is 108 cm³/mol. The zero-order valence-electron chi connectivity index (χ0n) is 15.8. The van der Waals surface area contributed by atoms with Crippen molar-refractivity contribution in [2.75, 3.05) is 25.0 Å². The molecule has 0 bridgehead atoms. The summed E-state index contributed by atoms with van der Waals surface area (Å²) < 4.78 is 39.5. The van der Waals surface area contributed by atoms with Gasteiger partial charge in [-0.2, -0.15) is 13.2 Å². The highest BCUT2D eigenvalue weighted by atomic mass is 32.1. The van der Waals surface area contributed by atoms with Gasteiger partial charge in [0.1, 0.15) is 11.4 Å². The molecule has 9 heteroatoms. The molecule has 1 saturated heterocycles. The third-order valence-electron chi connectivity index (χ3n) is 5.26. The number of anilines is 1. The molecule has 1 atom stereocenters. The summed E-state index contributed by atoms with van der Waals surface area (Å²) in [5, 5.41) is 24.9. The number of phenols is 1. The number of thiophene rings is 1. The van der Waals surface area contributed by atoms with Crippen molar-refractivity contribution in [3.63, 3.8) is 0 Å². The Balaban J connectivity index is 1.67. The van der Waals surface area contributed by atoms with Crippen molar-refractivity contribution in [1.29, 1.82) is 0 Å². The van der Waals surface area contributed by atoms with Crippen LogP contribution in [0.1, 0.15) is 25.3 Å². The van der Waals surface area contributed by atoms with Crippen molar-refractivity contribution >= 4 is 27.2 Å². The lowest BCUT2D eigenvalue weighted by molar-refractivity contribution is -0.137. The van der Waals surface area contributed by atoms with Gasteiger partial charge in [0, 0.05) is 23.5 Å². The number of aromatic nitrogens is 2. The highest BCUT2D eigenvalue weighted by Crippen LogP contribution is 2.40. The summed E-state index contributed by atoms with van der Waals surface area (Å²) in [4.78, 5) is 2.38. The maximum absolute atomic E-state index is 12.9. The van der Waals surface area contributed by atoms with Crippen molar-refractivity contribution < 1.29 is 18.3 Å². The largest absolute Gasteiger partial charge is 0.507 e. The molecule has 1 aliphatic rings. The van der Waals surface area contributed by atoms with Gasteiger partial charge < -0.3 is 15.3 Å². The van der Waals surface area contributed by atoms with E-state index in [1.807, 2.05) is 11.4 Å². The van der Waals surface area contributed by atoms with Crippen LogP contribution in [0.2, 0.25) is 0 Å². The maximum Gasteiger partial charge on any atom is 0.416 e. The molecule has 1 aliphatic heterocycles. The van der Waals surface area contributed by atoms with Gasteiger partial charge in [0.15, 0.2) is 5.82 Å². The topological polar surface area (TPSA) is 61.3 Å². The minimum atomic E-state index is -4.51. The number of fused-ring (bicyclic) bond motifs is 1. The van der Waals surface area contributed by atoms with Crippen LogP contribution < -0.4 is 5.32 Å². The highest BCUT2D eigenvalue weighted by molar-refractivity contribution is 7.17. The molecule has 0 aliphatic carbocycles. The number of halogens is 3. The molecule has 3 heterocycles. The summed E-state index contributed by atoms with van der Waals surface area (Å²) in [6, 6.07) is 5.04. The second kappa shape index (κ2) is 7.79. The van der Waals surface area contributed by atoms with Gasteiger partial charge in [-0.25, -0.2) is 0 Å². The van der Waals surface area contributed by atoms with E-state index in [0.717, 1.165) is 54.7 Å². The van der Waals surface area contributed by atoms with Crippen LogP contribution in [0.25, 0.3) is 21.3 Å². The number of rotatable bonds is 4. The van der Waals surface area contributed by atoms with Crippen molar-refractivity contribution in [3.05, 3.63) is 35.2 Å². The van der Waals surface area contributed by atoms with Crippen molar-refractivity contribution in [1.82, 2.24) is 15.1 Å². The van der Waals surface area contributed by atoms with E-state index in [1.54, 1.807) is 0 Å². The smallest absolute Gasteiger partial charge is 0.416 e. The number of benzene rings is 1. The second-order valence-electron chi connectivity index (χ2n) is 7.17. The number of piperidine rings is 1. The van der Waals surface area contributed by atoms with E-state index in [0.29, 0.717) is 11.5 Å². The van der Waals surface area contributed by atoms with Gasteiger partial charge in [0.2, 0.25) is 0 Å². The fraction of sp³-hybridized carbons (Fsp3) is 0.400. The first-order valence-electron chi connectivity index (χ1n) is 9.50. The molecular formula is C20H21F3N4OS.